The van der Waals surface area contributed by atoms with Gasteiger partial charge in [-0.3, -0.25) is 15.1 Å². The van der Waals surface area contributed by atoms with Crippen molar-refractivity contribution in [3.05, 3.63) is 47.1 Å². The van der Waals surface area contributed by atoms with E-state index in [4.69, 9.17) is 26.5 Å². The number of anilines is 3. The first kappa shape index (κ1) is 23.8. The van der Waals surface area contributed by atoms with Crippen LogP contribution in [0.4, 0.5) is 17.2 Å². The molecule has 3 saturated heterocycles. The molecule has 3 N–H and O–H groups in total. The van der Waals surface area contributed by atoms with Gasteiger partial charge in [0.1, 0.15) is 5.82 Å². The highest BCUT2D eigenvalue weighted by atomic mass is 35.5. The van der Waals surface area contributed by atoms with E-state index in [9.17, 15) is 4.79 Å². The topological polar surface area (TPSA) is 103 Å². The van der Waals surface area contributed by atoms with Crippen molar-refractivity contribution in [2.75, 3.05) is 49.7 Å². The summed E-state index contributed by atoms with van der Waals surface area (Å²) in [4.78, 5) is 21.5. The SMILES string of the molecule is C[C@@]1(c2cccc(Nc3ccc(N4CCOCC4)nc3)c2Cl)CC(=O)N(C2CCOCC2)C(=N)N1. The van der Waals surface area contributed by atoms with E-state index in [1.54, 1.807) is 11.1 Å². The number of pyridine rings is 1. The van der Waals surface area contributed by atoms with Gasteiger partial charge < -0.3 is 25.0 Å². The van der Waals surface area contributed by atoms with E-state index in [0.29, 0.717) is 31.5 Å². The quantitative estimate of drug-likeness (QED) is 0.580. The Kier molecular flexibility index (Phi) is 6.82. The Balaban J connectivity index is 1.32. The molecule has 0 saturated carbocycles. The molecule has 3 fully saturated rings. The number of nitrogens with zero attached hydrogens (tertiary/aromatic N) is 3. The van der Waals surface area contributed by atoms with Crippen molar-refractivity contribution in [2.24, 2.45) is 0 Å². The van der Waals surface area contributed by atoms with Gasteiger partial charge in [0.25, 0.3) is 0 Å². The smallest absolute Gasteiger partial charge is 0.232 e. The van der Waals surface area contributed by atoms with Crippen LogP contribution < -0.4 is 15.5 Å². The maximum Gasteiger partial charge on any atom is 0.232 e. The number of carbonyl (C=O) groups excluding carboxylic acids is 1. The van der Waals surface area contributed by atoms with E-state index in [2.05, 4.69) is 20.5 Å². The summed E-state index contributed by atoms with van der Waals surface area (Å²) in [5.74, 6) is 0.970. The monoisotopic (exact) mass is 498 g/mol. The molecule has 2 aromatic rings. The van der Waals surface area contributed by atoms with Crippen LogP contribution in [0.15, 0.2) is 36.5 Å². The van der Waals surface area contributed by atoms with Crippen LogP contribution in [-0.2, 0) is 19.8 Å². The zero-order valence-electron chi connectivity index (χ0n) is 19.8. The maximum absolute atomic E-state index is 13.2. The average molecular weight is 499 g/mol. The Morgan fingerprint density at radius 1 is 1.14 bits per heavy atom. The predicted octanol–water partition coefficient (Wildman–Crippen LogP) is 3.47. The van der Waals surface area contributed by atoms with Crippen LogP contribution in [0.5, 0.6) is 0 Å². The number of hydrogen-bond donors (Lipinski definition) is 3. The maximum atomic E-state index is 13.2. The van der Waals surface area contributed by atoms with Gasteiger partial charge in [0.2, 0.25) is 5.91 Å². The lowest BCUT2D eigenvalue weighted by atomic mass is 9.85. The number of rotatable bonds is 5. The van der Waals surface area contributed by atoms with Crippen LogP contribution in [0.2, 0.25) is 5.02 Å². The van der Waals surface area contributed by atoms with E-state index >= 15 is 0 Å². The molecule has 0 radical (unpaired) electrons. The molecule has 186 valence electrons. The second-order valence-electron chi connectivity index (χ2n) is 9.39. The molecule has 35 heavy (non-hydrogen) atoms. The van der Waals surface area contributed by atoms with E-state index in [-0.39, 0.29) is 24.3 Å². The van der Waals surface area contributed by atoms with Gasteiger partial charge in [-0.2, -0.15) is 0 Å². The van der Waals surface area contributed by atoms with Gasteiger partial charge in [-0.05, 0) is 43.5 Å². The molecule has 1 atom stereocenters. The number of amides is 1. The number of morpholine rings is 1. The summed E-state index contributed by atoms with van der Waals surface area (Å²) in [7, 11) is 0. The fraction of sp³-hybridized carbons (Fsp3) is 0.480. The molecule has 0 unspecified atom stereocenters. The number of ether oxygens (including phenoxy) is 2. The molecule has 1 aromatic carbocycles. The second kappa shape index (κ2) is 10.0. The van der Waals surface area contributed by atoms with E-state index in [0.717, 1.165) is 48.7 Å². The summed E-state index contributed by atoms with van der Waals surface area (Å²) >= 11 is 6.86. The van der Waals surface area contributed by atoms with Gasteiger partial charge in [0, 0.05) is 32.3 Å². The van der Waals surface area contributed by atoms with Crippen LogP contribution in [0.1, 0.15) is 31.7 Å². The van der Waals surface area contributed by atoms with Gasteiger partial charge in [-0.1, -0.05) is 23.7 Å². The zero-order chi connectivity index (χ0) is 24.4. The second-order valence-corrected chi connectivity index (χ2v) is 9.76. The van der Waals surface area contributed by atoms with Crippen LogP contribution in [0.25, 0.3) is 0 Å². The molecule has 3 aliphatic heterocycles. The molecule has 9 nitrogen and oxygen atoms in total. The first-order valence-corrected chi connectivity index (χ1v) is 12.4. The standard InChI is InChI=1S/C25H31ClN6O3/c1-25(15-22(33)32(24(27)30-25)18-7-11-34-12-8-18)19-3-2-4-20(23(19)26)29-17-5-6-21(28-16-17)31-9-13-35-14-10-31/h2-6,16,18,29H,7-15H2,1H3,(H2,27,30)/t25-/m0/s1. The van der Waals surface area contributed by atoms with Crippen LogP contribution >= 0.6 is 11.6 Å². The lowest BCUT2D eigenvalue weighted by Crippen LogP contribution is -2.62. The zero-order valence-corrected chi connectivity index (χ0v) is 20.6. The first-order chi connectivity index (χ1) is 16.9. The van der Waals surface area contributed by atoms with Gasteiger partial charge in [0.05, 0.1) is 47.8 Å². The van der Waals surface area contributed by atoms with Crippen LogP contribution in [-0.4, -0.2) is 67.3 Å². The Hall–Kier alpha value is -2.88. The predicted molar refractivity (Wildman–Crippen MR) is 136 cm³/mol. The van der Waals surface area contributed by atoms with E-state index in [1.807, 2.05) is 37.3 Å². The third-order valence-corrected chi connectivity index (χ3v) is 7.33. The molecule has 4 heterocycles. The first-order valence-electron chi connectivity index (χ1n) is 12.1. The van der Waals surface area contributed by atoms with Crippen molar-refractivity contribution < 1.29 is 14.3 Å². The van der Waals surface area contributed by atoms with Gasteiger partial charge in [0.15, 0.2) is 5.96 Å². The van der Waals surface area contributed by atoms with Crippen molar-refractivity contribution in [3.8, 4) is 0 Å². The molecule has 0 aliphatic carbocycles. The number of guanidine groups is 1. The third-order valence-electron chi connectivity index (χ3n) is 6.92. The highest BCUT2D eigenvalue weighted by Gasteiger charge is 2.43. The number of nitrogens with one attached hydrogen (secondary N) is 3. The highest BCUT2D eigenvalue weighted by Crippen LogP contribution is 2.39. The van der Waals surface area contributed by atoms with Crippen molar-refractivity contribution in [2.45, 2.75) is 37.8 Å². The molecule has 10 heteroatoms. The van der Waals surface area contributed by atoms with Crippen molar-refractivity contribution in [1.29, 1.82) is 5.41 Å². The number of halogens is 1. The van der Waals surface area contributed by atoms with Gasteiger partial charge >= 0.3 is 0 Å². The lowest BCUT2D eigenvalue weighted by molar-refractivity contribution is -0.133. The van der Waals surface area contributed by atoms with Crippen molar-refractivity contribution in [1.82, 2.24) is 15.2 Å². The van der Waals surface area contributed by atoms with Crippen LogP contribution in [0.3, 0.4) is 0 Å². The minimum Gasteiger partial charge on any atom is -0.381 e. The van der Waals surface area contributed by atoms with Crippen molar-refractivity contribution >= 4 is 40.7 Å². The Labute approximate surface area is 210 Å². The Morgan fingerprint density at radius 2 is 1.89 bits per heavy atom. The molecule has 0 spiro atoms. The lowest BCUT2D eigenvalue weighted by Gasteiger charge is -2.45. The third kappa shape index (κ3) is 4.94. The molecule has 3 aliphatic rings. The number of aromatic nitrogens is 1. The fourth-order valence-corrected chi connectivity index (χ4v) is 5.40. The summed E-state index contributed by atoms with van der Waals surface area (Å²) in [6.45, 7) is 6.23. The minimum atomic E-state index is -0.789. The van der Waals surface area contributed by atoms with Gasteiger partial charge in [-0.25, -0.2) is 4.98 Å². The number of benzene rings is 1. The normalized spacial score (nSPS) is 23.8. The largest absolute Gasteiger partial charge is 0.381 e. The van der Waals surface area contributed by atoms with Crippen LogP contribution in [0, 0.1) is 5.41 Å². The molecular weight excluding hydrogens is 468 g/mol. The summed E-state index contributed by atoms with van der Waals surface area (Å²) in [6.07, 6.45) is 3.49. The Morgan fingerprint density at radius 3 is 2.57 bits per heavy atom. The highest BCUT2D eigenvalue weighted by molar-refractivity contribution is 6.34. The number of carbonyl (C=O) groups is 1. The average Bonchev–Trinajstić information content (AvgIpc) is 2.86. The molecule has 0 bridgehead atoms. The molecule has 1 amide bonds. The van der Waals surface area contributed by atoms with Gasteiger partial charge in [-0.15, -0.1) is 0 Å². The summed E-state index contributed by atoms with van der Waals surface area (Å²) in [5, 5.41) is 15.7. The Bertz CT molecular complexity index is 1070. The summed E-state index contributed by atoms with van der Waals surface area (Å²) in [5.41, 5.74) is 1.52. The van der Waals surface area contributed by atoms with E-state index in [1.165, 1.54) is 0 Å². The molecule has 1 aromatic heterocycles. The van der Waals surface area contributed by atoms with Crippen molar-refractivity contribution in [3.63, 3.8) is 0 Å². The molecular formula is C25H31ClN6O3. The number of hydrogen-bond acceptors (Lipinski definition) is 7. The minimum absolute atomic E-state index is 0.00259. The summed E-state index contributed by atoms with van der Waals surface area (Å²) < 4.78 is 10.8. The molecule has 5 rings (SSSR count). The fourth-order valence-electron chi connectivity index (χ4n) is 5.02. The van der Waals surface area contributed by atoms with E-state index < -0.39 is 5.54 Å². The summed E-state index contributed by atoms with van der Waals surface area (Å²) in [6, 6.07) is 9.68.